The van der Waals surface area contributed by atoms with Crippen molar-refractivity contribution in [3.63, 3.8) is 0 Å². The van der Waals surface area contributed by atoms with Crippen molar-refractivity contribution in [2.45, 2.75) is 89.5 Å². The molecule has 0 aliphatic carbocycles. The zero-order chi connectivity index (χ0) is 77.2. The van der Waals surface area contributed by atoms with E-state index in [4.69, 9.17) is 61.1 Å². The minimum Gasteiger partial charge on any atom is -0.493 e. The minimum atomic E-state index is -0.154. The van der Waals surface area contributed by atoms with Crippen LogP contribution in [0.4, 0.5) is 0 Å². The van der Waals surface area contributed by atoms with E-state index >= 15 is 0 Å². The van der Waals surface area contributed by atoms with E-state index in [2.05, 4.69) is 87.7 Å². The normalized spacial score (nSPS) is 17.3. The Morgan fingerprint density at radius 1 is 0.400 bits per heavy atom. The summed E-state index contributed by atoms with van der Waals surface area (Å²) in [5.74, 6) is 5.62. The van der Waals surface area contributed by atoms with Gasteiger partial charge in [0.25, 0.3) is 11.1 Å². The number of likely N-dealkylation sites (tertiary alicyclic amines) is 4. The lowest BCUT2D eigenvalue weighted by molar-refractivity contribution is 0.101. The number of piperidine rings is 2. The number of hydrogen-bond acceptors (Lipinski definition) is 20. The Kier molecular flexibility index (Phi) is 27.2. The largest absolute Gasteiger partial charge is 0.493 e. The molecule has 8 aromatic heterocycles. The van der Waals surface area contributed by atoms with Crippen LogP contribution in [-0.4, -0.2) is 193 Å². The molecule has 24 heteroatoms. The third-order valence-corrected chi connectivity index (χ3v) is 20.7. The van der Waals surface area contributed by atoms with Gasteiger partial charge in [0.1, 0.15) is 35.7 Å². The van der Waals surface area contributed by atoms with Crippen molar-refractivity contribution in [1.29, 1.82) is 0 Å². The zero-order valence-electron chi connectivity index (χ0n) is 64.1. The van der Waals surface area contributed by atoms with Crippen LogP contribution in [0.3, 0.4) is 0 Å². The number of halogens is 2. The number of fused-ring (bicyclic) bond motifs is 4. The minimum absolute atomic E-state index is 0.153. The number of pyridine rings is 8. The molecular formula is C86H96Cl2N12O10. The second-order valence-electron chi connectivity index (χ2n) is 27.6. The van der Waals surface area contributed by atoms with Gasteiger partial charge in [-0.15, -0.1) is 0 Å². The van der Waals surface area contributed by atoms with Crippen LogP contribution in [0, 0.1) is 0 Å². The maximum atomic E-state index is 12.3. The average molecular weight is 1530 g/mol. The van der Waals surface area contributed by atoms with Gasteiger partial charge in [-0.1, -0.05) is 37.0 Å². The summed E-state index contributed by atoms with van der Waals surface area (Å²) in [4.78, 5) is 66.1. The van der Waals surface area contributed by atoms with Gasteiger partial charge in [-0.3, -0.25) is 29.5 Å². The number of likely N-dealkylation sites (N-methyl/N-ethyl adjacent to an activating group) is 4. The van der Waals surface area contributed by atoms with Crippen LogP contribution in [-0.2, 0) is 0 Å². The lowest BCUT2D eigenvalue weighted by Gasteiger charge is -2.30. The van der Waals surface area contributed by atoms with Gasteiger partial charge in [0.15, 0.2) is 46.0 Å². The van der Waals surface area contributed by atoms with Gasteiger partial charge in [0, 0.05) is 83.0 Å². The topological polar surface area (TPSA) is 230 Å². The van der Waals surface area contributed by atoms with E-state index in [0.29, 0.717) is 97.5 Å². The number of methoxy groups -OCH3 is 4. The van der Waals surface area contributed by atoms with Gasteiger partial charge >= 0.3 is 0 Å². The van der Waals surface area contributed by atoms with Crippen LogP contribution in [0.1, 0.15) is 65.2 Å². The molecule has 4 unspecified atom stereocenters. The van der Waals surface area contributed by atoms with Gasteiger partial charge in [0.05, 0.1) is 84.1 Å². The fourth-order valence-corrected chi connectivity index (χ4v) is 14.7. The number of nitrogens with zero attached hydrogens (tertiary/aromatic N) is 10. The fraction of sp³-hybridized carbons (Fsp3) is 0.349. The zero-order valence-corrected chi connectivity index (χ0v) is 65.6. The molecule has 4 saturated heterocycles. The summed E-state index contributed by atoms with van der Waals surface area (Å²) in [5.41, 5.74) is 9.10. The first-order valence-corrected chi connectivity index (χ1v) is 38.2. The van der Waals surface area contributed by atoms with E-state index in [1.165, 1.54) is 19.3 Å². The molecule has 2 N–H and O–H groups in total. The Morgan fingerprint density at radius 2 is 0.736 bits per heavy atom. The Bertz CT molecular complexity index is 5250. The van der Waals surface area contributed by atoms with Crippen molar-refractivity contribution in [2.75, 3.05) is 109 Å². The van der Waals surface area contributed by atoms with E-state index in [0.717, 1.165) is 144 Å². The number of nitrogens with one attached hydrogen (secondary N) is 2. The quantitative estimate of drug-likeness (QED) is 0.0761. The molecule has 16 rings (SSSR count). The molecule has 12 aromatic rings. The highest BCUT2D eigenvalue weighted by Crippen LogP contribution is 2.39. The lowest BCUT2D eigenvalue weighted by Crippen LogP contribution is -2.38. The molecule has 12 heterocycles. The van der Waals surface area contributed by atoms with E-state index in [1.54, 1.807) is 77.5 Å². The molecule has 4 aliphatic rings. The van der Waals surface area contributed by atoms with Crippen molar-refractivity contribution < 1.29 is 37.9 Å². The summed E-state index contributed by atoms with van der Waals surface area (Å²) in [6.07, 6.45) is 16.4. The highest BCUT2D eigenvalue weighted by atomic mass is 35.5. The van der Waals surface area contributed by atoms with Gasteiger partial charge < -0.3 is 67.5 Å². The molecule has 110 heavy (non-hydrogen) atoms. The van der Waals surface area contributed by atoms with Crippen molar-refractivity contribution in [3.8, 4) is 91.0 Å². The van der Waals surface area contributed by atoms with Crippen molar-refractivity contribution >= 4 is 66.8 Å². The van der Waals surface area contributed by atoms with Gasteiger partial charge in [0.2, 0.25) is 0 Å². The number of benzene rings is 4. The van der Waals surface area contributed by atoms with Crippen molar-refractivity contribution in [2.24, 2.45) is 0 Å². The molecule has 0 saturated carbocycles. The highest BCUT2D eigenvalue weighted by molar-refractivity contribution is 6.34. The maximum Gasteiger partial charge on any atom is 0.257 e. The molecule has 4 fully saturated rings. The van der Waals surface area contributed by atoms with E-state index in [-0.39, 0.29) is 23.3 Å². The van der Waals surface area contributed by atoms with Gasteiger partial charge in [-0.2, -0.15) is 0 Å². The number of H-pyrrole nitrogens is 2. The van der Waals surface area contributed by atoms with Crippen molar-refractivity contribution in [3.05, 3.63) is 201 Å². The molecule has 0 radical (unpaired) electrons. The molecule has 0 spiro atoms. The molecule has 22 nitrogen and oxygen atoms in total. The molecule has 4 aromatic carbocycles. The summed E-state index contributed by atoms with van der Waals surface area (Å²) in [7, 11) is 15.1. The van der Waals surface area contributed by atoms with E-state index in [1.807, 2.05) is 135 Å². The number of rotatable bonds is 18. The third-order valence-electron chi connectivity index (χ3n) is 20.2. The molecule has 0 bridgehead atoms. The predicted octanol–water partition coefficient (Wildman–Crippen LogP) is 16.0. The number of aromatic nitrogens is 8. The summed E-state index contributed by atoms with van der Waals surface area (Å²) < 4.78 is 46.6. The van der Waals surface area contributed by atoms with Crippen LogP contribution in [0.5, 0.6) is 46.0 Å². The van der Waals surface area contributed by atoms with E-state index < -0.39 is 0 Å². The molecule has 0 amide bonds. The van der Waals surface area contributed by atoms with Crippen molar-refractivity contribution in [1.82, 2.24) is 59.5 Å². The number of ether oxygens (including phenoxy) is 8. The van der Waals surface area contributed by atoms with E-state index in [9.17, 15) is 9.59 Å². The third kappa shape index (κ3) is 19.6. The Morgan fingerprint density at radius 3 is 1.10 bits per heavy atom. The monoisotopic (exact) mass is 1530 g/mol. The van der Waals surface area contributed by atoms with Gasteiger partial charge in [-0.05, 0) is 251 Å². The first-order valence-electron chi connectivity index (χ1n) is 37.5. The summed E-state index contributed by atoms with van der Waals surface area (Å²) in [5, 5.41) is 3.73. The first-order chi connectivity index (χ1) is 53.6. The summed E-state index contributed by atoms with van der Waals surface area (Å²) in [6, 6.07) is 46.3. The Balaban J connectivity index is 0.000000135. The molecule has 4 atom stereocenters. The Labute approximate surface area is 651 Å². The molecular weight excluding hydrogens is 1430 g/mol. The maximum absolute atomic E-state index is 12.3. The predicted molar refractivity (Wildman–Crippen MR) is 438 cm³/mol. The van der Waals surface area contributed by atoms with Crippen LogP contribution < -0.4 is 49.0 Å². The molecule has 574 valence electrons. The van der Waals surface area contributed by atoms with Crippen LogP contribution in [0.25, 0.3) is 88.6 Å². The summed E-state index contributed by atoms with van der Waals surface area (Å²) in [6.45, 7) is 11.6. The lowest BCUT2D eigenvalue weighted by atomic mass is 10.1. The second kappa shape index (κ2) is 37.8. The van der Waals surface area contributed by atoms with Crippen LogP contribution >= 0.6 is 23.2 Å². The highest BCUT2D eigenvalue weighted by Gasteiger charge is 2.26. The Hall–Kier alpha value is -10.5. The van der Waals surface area contributed by atoms with Crippen LogP contribution in [0.15, 0.2) is 180 Å². The molecule has 4 aliphatic heterocycles. The van der Waals surface area contributed by atoms with Crippen LogP contribution in [0.2, 0.25) is 10.3 Å². The smallest absolute Gasteiger partial charge is 0.257 e. The second-order valence-corrected chi connectivity index (χ2v) is 28.3. The average Bonchev–Trinajstić information content (AvgIpc) is 0.818. The number of hydrogen-bond donors (Lipinski definition) is 2. The van der Waals surface area contributed by atoms with Gasteiger partial charge in [-0.25, -0.2) is 9.97 Å². The first kappa shape index (κ1) is 79.1. The fourth-order valence-electron chi connectivity index (χ4n) is 14.1. The number of aromatic amines is 2. The summed E-state index contributed by atoms with van der Waals surface area (Å²) >= 11 is 12.7. The standard InChI is InChI=1S/2C21H22ClN3O2.2C21H23N3O3.C2H6/c1-25-10-4-5-15(25)13-27-19-8-7-14(11-20(19)26-2)17-12-18-16(21(22)24-17)6-3-9-23-18;1-25-10-4-5-15(13-25)27-19-8-7-14(11-20(19)26-2)17-12-18-16(21(22)24-17)6-3-9-23-18;1-24-10-4-5-15(24)13-27-19-8-7-14(11-20(19)26-2)17-12-18-16(21(25)23-17)6-3-9-22-18;1-24-10-4-5-15(13-24)27-19-8-7-14(11-20(19)26-2)17-12-18-16(21(25)23-17)6-3-9-22-18;1-2/h2*3,6-9,11-12,15H,4-5,10,13H2,1-2H3;2*3,6-9,11-12,15H,4-5,10,13H2,1-2H3,(H,23,25);1-2H3. The SMILES string of the molecule is CC.COc1cc(-c2cc3ncccc3c(=O)[nH]2)ccc1OC1CCCN(C)C1.COc1cc(-c2cc3ncccc3c(=O)[nH]2)ccc1OCC1CCCN1C.COc1cc(-c2cc3ncccc3c(Cl)n2)ccc1OC1CCCN(C)C1.COc1cc(-c2cc3ncccc3c(Cl)n2)ccc1OCC1CCCN1C.